The van der Waals surface area contributed by atoms with Gasteiger partial charge in [-0.25, -0.2) is 0 Å². The van der Waals surface area contributed by atoms with Gasteiger partial charge in [0.05, 0.1) is 6.20 Å². The number of unbranched alkanes of at least 4 members (excludes halogenated alkanes) is 1. The molecular formula is C13H24N3O2PS. The fourth-order valence-corrected chi connectivity index (χ4v) is 4.89. The summed E-state index contributed by atoms with van der Waals surface area (Å²) < 4.78 is 12.0. The molecule has 0 saturated heterocycles. The van der Waals surface area contributed by atoms with Crippen LogP contribution in [0.3, 0.4) is 0 Å². The second-order valence-corrected chi connectivity index (χ2v) is 8.92. The number of hydrogen-bond acceptors (Lipinski definition) is 4. The highest BCUT2D eigenvalue weighted by Crippen LogP contribution is 2.44. The molecule has 5 nitrogen and oxygen atoms in total. The zero-order chi connectivity index (χ0) is 15.0. The van der Waals surface area contributed by atoms with Crippen LogP contribution in [0, 0.1) is 5.92 Å². The van der Waals surface area contributed by atoms with E-state index in [0.29, 0.717) is 12.3 Å². The summed E-state index contributed by atoms with van der Waals surface area (Å²) >= 11 is 1.66. The minimum Gasteiger partial charge on any atom is -0.344 e. The van der Waals surface area contributed by atoms with Crippen LogP contribution in [0.2, 0.25) is 0 Å². The van der Waals surface area contributed by atoms with Crippen molar-refractivity contribution in [1.82, 2.24) is 15.4 Å². The van der Waals surface area contributed by atoms with Gasteiger partial charge in [-0.1, -0.05) is 25.5 Å². The fraction of sp³-hybridized carbons (Fsp3) is 0.692. The molecule has 2 N–H and O–H groups in total. The minimum atomic E-state index is -3.00. The van der Waals surface area contributed by atoms with Crippen LogP contribution < -0.4 is 0 Å². The van der Waals surface area contributed by atoms with Gasteiger partial charge in [-0.05, 0) is 31.4 Å². The number of nitrogens with one attached hydrogen (secondary N) is 1. The summed E-state index contributed by atoms with van der Waals surface area (Å²) in [7, 11) is -3.00. The van der Waals surface area contributed by atoms with E-state index in [0.717, 1.165) is 29.2 Å². The first-order valence-electron chi connectivity index (χ1n) is 6.84. The summed E-state index contributed by atoms with van der Waals surface area (Å²) in [5.74, 6) is 1.23. The lowest BCUT2D eigenvalue weighted by atomic mass is 10.2. The van der Waals surface area contributed by atoms with Gasteiger partial charge in [0.2, 0.25) is 7.37 Å². The Hall–Kier alpha value is -0.580. The molecule has 20 heavy (non-hydrogen) atoms. The minimum absolute atomic E-state index is 0.262. The maximum Gasteiger partial charge on any atom is 0.204 e. The number of thioether (sulfide) groups is 1. The zero-order valence-electron chi connectivity index (χ0n) is 12.4. The third-order valence-corrected chi connectivity index (χ3v) is 5.91. The number of aromatic nitrogens is 3. The number of H-pyrrole nitrogens is 1. The van der Waals surface area contributed by atoms with Gasteiger partial charge in [0.1, 0.15) is 5.03 Å². The Labute approximate surface area is 125 Å². The number of rotatable bonds is 9. The topological polar surface area (TPSA) is 78.9 Å². The molecule has 114 valence electrons. The molecule has 1 aromatic heterocycles. The van der Waals surface area contributed by atoms with Crippen molar-refractivity contribution < 1.29 is 9.46 Å². The maximum atomic E-state index is 12.0. The first-order chi connectivity index (χ1) is 9.39. The predicted molar refractivity (Wildman–Crippen MR) is 84.5 cm³/mol. The van der Waals surface area contributed by atoms with Gasteiger partial charge in [-0.2, -0.15) is 10.3 Å². The Morgan fingerprint density at radius 1 is 1.60 bits per heavy atom. The molecule has 0 radical (unpaired) electrons. The van der Waals surface area contributed by atoms with E-state index in [2.05, 4.69) is 21.5 Å². The van der Waals surface area contributed by atoms with Crippen molar-refractivity contribution in [3.05, 3.63) is 17.8 Å². The molecule has 0 amide bonds. The Kier molecular flexibility index (Phi) is 7.56. The second-order valence-electron chi connectivity index (χ2n) is 5.43. The summed E-state index contributed by atoms with van der Waals surface area (Å²) in [6.07, 6.45) is 6.46. The van der Waals surface area contributed by atoms with Gasteiger partial charge in [0, 0.05) is 12.3 Å². The van der Waals surface area contributed by atoms with Crippen molar-refractivity contribution in [3.63, 3.8) is 0 Å². The molecular weight excluding hydrogens is 293 g/mol. The van der Waals surface area contributed by atoms with Crippen LogP contribution in [0.15, 0.2) is 22.9 Å². The lowest BCUT2D eigenvalue weighted by Gasteiger charge is -2.14. The van der Waals surface area contributed by atoms with Gasteiger partial charge in [0.25, 0.3) is 0 Å². The molecule has 0 fully saturated rings. The molecule has 1 heterocycles. The van der Waals surface area contributed by atoms with Crippen molar-refractivity contribution in [2.45, 2.75) is 38.6 Å². The molecule has 1 rings (SSSR count). The van der Waals surface area contributed by atoms with Crippen molar-refractivity contribution in [2.75, 3.05) is 18.1 Å². The average Bonchev–Trinajstić information content (AvgIpc) is 2.78. The van der Waals surface area contributed by atoms with Crippen LogP contribution >= 0.6 is 19.1 Å². The first-order valence-corrected chi connectivity index (χ1v) is 9.85. The summed E-state index contributed by atoms with van der Waals surface area (Å²) in [4.78, 5) is 9.87. The van der Waals surface area contributed by atoms with Crippen LogP contribution in [0.5, 0.6) is 0 Å². The van der Waals surface area contributed by atoms with Gasteiger partial charge in [-0.3, -0.25) is 4.57 Å². The summed E-state index contributed by atoms with van der Waals surface area (Å²) in [6.45, 7) is 5.89. The Bertz CT molecular complexity index is 460. The number of hydrogen-bond donors (Lipinski definition) is 2. The van der Waals surface area contributed by atoms with Gasteiger partial charge < -0.3 is 4.89 Å². The molecule has 0 aliphatic carbocycles. The van der Waals surface area contributed by atoms with Crippen molar-refractivity contribution >= 4 is 19.1 Å². The Morgan fingerprint density at radius 3 is 2.95 bits per heavy atom. The van der Waals surface area contributed by atoms with Crippen molar-refractivity contribution in [2.24, 2.45) is 5.92 Å². The highest BCUT2D eigenvalue weighted by Gasteiger charge is 2.19. The van der Waals surface area contributed by atoms with Crippen LogP contribution in [-0.4, -0.2) is 38.4 Å². The zero-order valence-corrected chi connectivity index (χ0v) is 14.1. The first kappa shape index (κ1) is 17.5. The van der Waals surface area contributed by atoms with Gasteiger partial charge in [0.15, 0.2) is 0 Å². The number of aromatic amines is 1. The summed E-state index contributed by atoms with van der Waals surface area (Å²) in [5.41, 5.74) is 1.02. The van der Waals surface area contributed by atoms with E-state index >= 15 is 0 Å². The highest BCUT2D eigenvalue weighted by atomic mass is 32.2. The SMILES string of the molecule is C/C(=C/CCCSc1cn[nH]n1)CP(=O)(O)CC(C)C. The van der Waals surface area contributed by atoms with Crippen molar-refractivity contribution in [1.29, 1.82) is 0 Å². The molecule has 0 bridgehead atoms. The van der Waals surface area contributed by atoms with Crippen LogP contribution in [0.1, 0.15) is 33.6 Å². The standard InChI is InChI=1S/C13H24N3O2PS/c1-11(2)9-19(17,18)10-12(3)6-4-5-7-20-13-8-14-16-15-13/h6,8,11H,4-5,7,9-10H2,1-3H3,(H,17,18)(H,14,15,16)/b12-6-. The lowest BCUT2D eigenvalue weighted by molar-refractivity contribution is 0.471. The van der Waals surface area contributed by atoms with Crippen LogP contribution in [0.25, 0.3) is 0 Å². The van der Waals surface area contributed by atoms with E-state index in [9.17, 15) is 9.46 Å². The lowest BCUT2D eigenvalue weighted by Crippen LogP contribution is -2.02. The summed E-state index contributed by atoms with van der Waals surface area (Å²) in [6, 6.07) is 0. The smallest absolute Gasteiger partial charge is 0.204 e. The second kappa shape index (κ2) is 8.65. The van der Waals surface area contributed by atoms with E-state index in [1.54, 1.807) is 18.0 Å². The molecule has 1 atom stereocenters. The van der Waals surface area contributed by atoms with E-state index in [1.807, 2.05) is 20.8 Å². The largest absolute Gasteiger partial charge is 0.344 e. The number of nitrogens with zero attached hydrogens (tertiary/aromatic N) is 2. The highest BCUT2D eigenvalue weighted by molar-refractivity contribution is 7.99. The van der Waals surface area contributed by atoms with E-state index in [4.69, 9.17) is 0 Å². The number of allylic oxidation sites excluding steroid dienone is 2. The van der Waals surface area contributed by atoms with Crippen LogP contribution in [0.4, 0.5) is 0 Å². The third-order valence-electron chi connectivity index (χ3n) is 2.63. The fourth-order valence-electron chi connectivity index (χ4n) is 1.96. The molecule has 1 aromatic rings. The monoisotopic (exact) mass is 317 g/mol. The maximum absolute atomic E-state index is 12.0. The quantitative estimate of drug-likeness (QED) is 0.315. The molecule has 0 aliphatic rings. The van der Waals surface area contributed by atoms with Crippen LogP contribution in [-0.2, 0) is 4.57 Å². The van der Waals surface area contributed by atoms with E-state index in [1.165, 1.54) is 0 Å². The van der Waals surface area contributed by atoms with E-state index in [-0.39, 0.29) is 5.92 Å². The van der Waals surface area contributed by atoms with Crippen molar-refractivity contribution in [3.8, 4) is 0 Å². The van der Waals surface area contributed by atoms with Gasteiger partial charge in [-0.15, -0.1) is 16.9 Å². The molecule has 7 heteroatoms. The molecule has 0 aromatic carbocycles. The summed E-state index contributed by atoms with van der Waals surface area (Å²) in [5, 5.41) is 11.2. The predicted octanol–water partition coefficient (Wildman–Crippen LogP) is 3.55. The Balaban J connectivity index is 2.22. The average molecular weight is 317 g/mol. The van der Waals surface area contributed by atoms with Gasteiger partial charge >= 0.3 is 0 Å². The Morgan fingerprint density at radius 2 is 2.35 bits per heavy atom. The van der Waals surface area contributed by atoms with E-state index < -0.39 is 7.37 Å². The molecule has 1 unspecified atom stereocenters. The molecule has 0 aliphatic heterocycles. The third kappa shape index (κ3) is 7.88. The normalized spacial score (nSPS) is 15.6. The molecule has 0 spiro atoms. The molecule has 0 saturated carbocycles.